The summed E-state index contributed by atoms with van der Waals surface area (Å²) in [6.45, 7) is 7.08. The molecule has 0 saturated carbocycles. The summed E-state index contributed by atoms with van der Waals surface area (Å²) in [5, 5.41) is 3.21. The fourth-order valence-electron chi connectivity index (χ4n) is 1.68. The van der Waals surface area contributed by atoms with Gasteiger partial charge in [0.05, 0.1) is 4.47 Å². The van der Waals surface area contributed by atoms with Crippen LogP contribution in [0.15, 0.2) is 28.9 Å². The molecule has 2 rings (SSSR count). The Labute approximate surface area is 116 Å². The van der Waals surface area contributed by atoms with Crippen LogP contribution in [0.25, 0.3) is 11.4 Å². The van der Waals surface area contributed by atoms with E-state index in [0.717, 1.165) is 28.2 Å². The van der Waals surface area contributed by atoms with Gasteiger partial charge in [0, 0.05) is 18.3 Å². The van der Waals surface area contributed by atoms with Gasteiger partial charge in [-0.3, -0.25) is 0 Å². The Bertz CT molecular complexity index is 567. The molecule has 0 amide bonds. The molecule has 0 saturated heterocycles. The number of nitrogens with one attached hydrogen (secondary N) is 1. The molecule has 0 unspecified atom stereocenters. The maximum absolute atomic E-state index is 4.53. The minimum Gasteiger partial charge on any atom is -0.369 e. The van der Waals surface area contributed by atoms with Crippen molar-refractivity contribution in [1.29, 1.82) is 0 Å². The highest BCUT2D eigenvalue weighted by molar-refractivity contribution is 9.10. The van der Waals surface area contributed by atoms with Gasteiger partial charge in [-0.15, -0.1) is 0 Å². The molecule has 2 aromatic rings. The Balaban J connectivity index is 2.44. The summed E-state index contributed by atoms with van der Waals surface area (Å²) in [5.41, 5.74) is 3.58. The van der Waals surface area contributed by atoms with Gasteiger partial charge in [-0.1, -0.05) is 12.1 Å². The molecule has 0 aliphatic heterocycles. The van der Waals surface area contributed by atoms with Gasteiger partial charge in [0.25, 0.3) is 0 Å². The number of halogens is 1. The molecule has 18 heavy (non-hydrogen) atoms. The first-order chi connectivity index (χ1) is 8.61. The number of aryl methyl sites for hydroxylation is 2. The van der Waals surface area contributed by atoms with Gasteiger partial charge in [-0.2, -0.15) is 0 Å². The van der Waals surface area contributed by atoms with Crippen molar-refractivity contribution in [3.63, 3.8) is 0 Å². The van der Waals surface area contributed by atoms with E-state index in [0.29, 0.717) is 0 Å². The third-order valence-corrected chi connectivity index (χ3v) is 3.43. The van der Waals surface area contributed by atoms with E-state index in [1.54, 1.807) is 6.20 Å². The van der Waals surface area contributed by atoms with Crippen LogP contribution in [0.2, 0.25) is 0 Å². The third-order valence-electron chi connectivity index (χ3n) is 2.85. The fourth-order valence-corrected chi connectivity index (χ4v) is 2.01. The number of hydrogen-bond acceptors (Lipinski definition) is 3. The van der Waals surface area contributed by atoms with Crippen molar-refractivity contribution in [2.24, 2.45) is 0 Å². The van der Waals surface area contributed by atoms with E-state index in [1.807, 2.05) is 6.92 Å². The molecule has 0 fully saturated rings. The van der Waals surface area contributed by atoms with E-state index < -0.39 is 0 Å². The summed E-state index contributed by atoms with van der Waals surface area (Å²) in [5.74, 6) is 1.58. The molecule has 0 aliphatic carbocycles. The predicted molar refractivity (Wildman–Crippen MR) is 78.8 cm³/mol. The lowest BCUT2D eigenvalue weighted by molar-refractivity contribution is 1.10. The van der Waals surface area contributed by atoms with Crippen LogP contribution < -0.4 is 5.32 Å². The lowest BCUT2D eigenvalue weighted by Crippen LogP contribution is -2.02. The molecule has 1 N–H and O–H groups in total. The molecule has 94 valence electrons. The van der Waals surface area contributed by atoms with Gasteiger partial charge < -0.3 is 5.32 Å². The summed E-state index contributed by atoms with van der Waals surface area (Å²) in [6.07, 6.45) is 1.79. The molecule has 0 bridgehead atoms. The molecule has 4 heteroatoms. The zero-order valence-electron chi connectivity index (χ0n) is 10.8. The zero-order valence-corrected chi connectivity index (χ0v) is 12.4. The number of aromatic nitrogens is 2. The van der Waals surface area contributed by atoms with Crippen molar-refractivity contribution in [1.82, 2.24) is 9.97 Å². The van der Waals surface area contributed by atoms with Crippen LogP contribution in [0, 0.1) is 13.8 Å². The van der Waals surface area contributed by atoms with Crippen LogP contribution >= 0.6 is 15.9 Å². The normalized spacial score (nSPS) is 10.4. The van der Waals surface area contributed by atoms with Gasteiger partial charge in [-0.05, 0) is 53.9 Å². The summed E-state index contributed by atoms with van der Waals surface area (Å²) >= 11 is 3.44. The molecule has 0 aliphatic rings. The van der Waals surface area contributed by atoms with E-state index in [1.165, 1.54) is 11.1 Å². The van der Waals surface area contributed by atoms with Crippen LogP contribution in [-0.2, 0) is 0 Å². The summed E-state index contributed by atoms with van der Waals surface area (Å²) < 4.78 is 0.886. The Kier molecular flexibility index (Phi) is 3.97. The summed E-state index contributed by atoms with van der Waals surface area (Å²) in [7, 11) is 0. The van der Waals surface area contributed by atoms with E-state index in [-0.39, 0.29) is 0 Å². The molecule has 0 spiro atoms. The molecule has 0 radical (unpaired) electrons. The fraction of sp³-hybridized carbons (Fsp3) is 0.286. The second-order valence-electron chi connectivity index (χ2n) is 4.22. The predicted octanol–water partition coefficient (Wildman–Crippen LogP) is 3.95. The first-order valence-electron chi connectivity index (χ1n) is 5.96. The highest BCUT2D eigenvalue weighted by Crippen LogP contribution is 2.24. The maximum atomic E-state index is 4.53. The molecule has 3 nitrogen and oxygen atoms in total. The number of hydrogen-bond donors (Lipinski definition) is 1. The minimum atomic E-state index is 0.747. The second kappa shape index (κ2) is 5.48. The SMILES string of the molecule is CCNc1nc(-c2ccc(C)c(C)c2)ncc1Br. The Morgan fingerprint density at radius 1 is 1.22 bits per heavy atom. The monoisotopic (exact) mass is 305 g/mol. The van der Waals surface area contributed by atoms with Crippen molar-refractivity contribution >= 4 is 21.7 Å². The van der Waals surface area contributed by atoms with Crippen molar-refractivity contribution in [3.8, 4) is 11.4 Å². The van der Waals surface area contributed by atoms with E-state index in [4.69, 9.17) is 0 Å². The highest BCUT2D eigenvalue weighted by atomic mass is 79.9. The molecular weight excluding hydrogens is 290 g/mol. The van der Waals surface area contributed by atoms with Crippen LogP contribution in [0.3, 0.4) is 0 Å². The lowest BCUT2D eigenvalue weighted by Gasteiger charge is -2.08. The maximum Gasteiger partial charge on any atom is 0.161 e. The first kappa shape index (κ1) is 13.0. The third kappa shape index (κ3) is 2.70. The van der Waals surface area contributed by atoms with Gasteiger partial charge in [0.1, 0.15) is 5.82 Å². The van der Waals surface area contributed by atoms with Crippen molar-refractivity contribution < 1.29 is 0 Å². The van der Waals surface area contributed by atoms with Crippen LogP contribution in [0.5, 0.6) is 0 Å². The summed E-state index contributed by atoms with van der Waals surface area (Å²) in [4.78, 5) is 8.90. The molecular formula is C14H16BrN3. The molecule has 1 aromatic heterocycles. The number of nitrogens with zero attached hydrogens (tertiary/aromatic N) is 2. The van der Waals surface area contributed by atoms with Crippen molar-refractivity contribution in [3.05, 3.63) is 40.0 Å². The Hall–Kier alpha value is -1.42. The van der Waals surface area contributed by atoms with Crippen LogP contribution in [0.4, 0.5) is 5.82 Å². The Morgan fingerprint density at radius 2 is 2.00 bits per heavy atom. The molecule has 1 aromatic carbocycles. The highest BCUT2D eigenvalue weighted by Gasteiger charge is 2.07. The van der Waals surface area contributed by atoms with Crippen LogP contribution in [-0.4, -0.2) is 16.5 Å². The first-order valence-corrected chi connectivity index (χ1v) is 6.75. The topological polar surface area (TPSA) is 37.8 Å². The van der Waals surface area contributed by atoms with E-state index in [9.17, 15) is 0 Å². The smallest absolute Gasteiger partial charge is 0.161 e. The minimum absolute atomic E-state index is 0.747. The summed E-state index contributed by atoms with van der Waals surface area (Å²) in [6, 6.07) is 6.28. The van der Waals surface area contributed by atoms with Crippen LogP contribution in [0.1, 0.15) is 18.1 Å². The molecule has 1 heterocycles. The second-order valence-corrected chi connectivity index (χ2v) is 5.07. The number of anilines is 1. The quantitative estimate of drug-likeness (QED) is 0.933. The van der Waals surface area contributed by atoms with Gasteiger partial charge >= 0.3 is 0 Å². The standard InChI is InChI=1S/C14H16BrN3/c1-4-16-14-12(15)8-17-13(18-14)11-6-5-9(2)10(3)7-11/h5-8H,4H2,1-3H3,(H,16,17,18). The average Bonchev–Trinajstić information content (AvgIpc) is 2.36. The largest absolute Gasteiger partial charge is 0.369 e. The number of benzene rings is 1. The molecule has 0 atom stereocenters. The van der Waals surface area contributed by atoms with E-state index in [2.05, 4.69) is 63.3 Å². The average molecular weight is 306 g/mol. The Morgan fingerprint density at radius 3 is 2.67 bits per heavy atom. The number of rotatable bonds is 3. The van der Waals surface area contributed by atoms with Gasteiger partial charge in [-0.25, -0.2) is 9.97 Å². The van der Waals surface area contributed by atoms with E-state index >= 15 is 0 Å². The van der Waals surface area contributed by atoms with Crippen molar-refractivity contribution in [2.75, 3.05) is 11.9 Å². The van der Waals surface area contributed by atoms with Gasteiger partial charge in [0.15, 0.2) is 5.82 Å². The van der Waals surface area contributed by atoms with Crippen molar-refractivity contribution in [2.45, 2.75) is 20.8 Å². The van der Waals surface area contributed by atoms with Gasteiger partial charge in [0.2, 0.25) is 0 Å². The zero-order chi connectivity index (χ0) is 13.1. The lowest BCUT2D eigenvalue weighted by atomic mass is 10.1.